The van der Waals surface area contributed by atoms with Gasteiger partial charge < -0.3 is 10.6 Å². The van der Waals surface area contributed by atoms with Crippen molar-refractivity contribution in [2.75, 3.05) is 10.6 Å². The van der Waals surface area contributed by atoms with Gasteiger partial charge in [0.25, 0.3) is 0 Å². The maximum absolute atomic E-state index is 13.0. The maximum atomic E-state index is 13.0. The number of hydrogen-bond donors (Lipinski definition) is 4. The van der Waals surface area contributed by atoms with Crippen LogP contribution in [0.25, 0.3) is 20.2 Å². The topological polar surface area (TPSA) is 72.8 Å². The molecule has 2 aromatic heterocycles. The minimum atomic E-state index is -4.48. The monoisotopic (exact) mass is 680 g/mol. The van der Waals surface area contributed by atoms with Gasteiger partial charge in [-0.25, -0.2) is 0 Å². The Labute approximate surface area is 264 Å². The Morgan fingerprint density at radius 3 is 1.43 bits per heavy atom. The molecule has 0 atom stereocenters. The van der Waals surface area contributed by atoms with E-state index in [-0.39, 0.29) is 21.6 Å². The van der Waals surface area contributed by atoms with Gasteiger partial charge in [-0.2, -0.15) is 36.5 Å². The summed E-state index contributed by atoms with van der Waals surface area (Å²) in [5.74, 6) is 0. The van der Waals surface area contributed by atoms with E-state index >= 15 is 0 Å². The van der Waals surface area contributed by atoms with Gasteiger partial charge in [0.05, 0.1) is 23.6 Å². The number of hydrogen-bond acceptors (Lipinski definition) is 6. The van der Waals surface area contributed by atoms with Gasteiger partial charge in [0.1, 0.15) is 0 Å². The minimum absolute atomic E-state index is 0.00843. The first-order valence-corrected chi connectivity index (χ1v) is 14.9. The number of halogens is 6. The number of anilines is 2. The third kappa shape index (κ3) is 7.32. The lowest BCUT2D eigenvalue weighted by atomic mass is 10.0. The highest BCUT2D eigenvalue weighted by Crippen LogP contribution is 2.37. The van der Waals surface area contributed by atoms with Crippen molar-refractivity contribution in [1.29, 1.82) is 0 Å². The Balaban J connectivity index is 1.30. The van der Waals surface area contributed by atoms with Crippen LogP contribution in [0.5, 0.6) is 0 Å². The standard InChI is InChI=1S/C28H18F6N6S4/c29-27(30,31)15-3-1-5-17(11-15)37-25(41)39-35-13-21-19-7-9-44-24(19)22(20-8-10-43-23(20)21)14-36-40-26(42)38-18-6-2-4-16(12-18)28(32,33)34/h1-14H,(H2,37,39,41)(H2,38,40,42)/b35-13-,36-14-. The van der Waals surface area contributed by atoms with Gasteiger partial charge in [0.15, 0.2) is 10.2 Å². The second-order valence-electron chi connectivity index (χ2n) is 8.96. The predicted octanol–water partition coefficient (Wildman–Crippen LogP) is 8.79. The van der Waals surface area contributed by atoms with E-state index in [1.54, 1.807) is 12.4 Å². The second-order valence-corrected chi connectivity index (χ2v) is 11.6. The van der Waals surface area contributed by atoms with E-state index in [1.807, 2.05) is 22.9 Å². The average Bonchev–Trinajstić information content (AvgIpc) is 3.64. The molecule has 226 valence electrons. The zero-order valence-corrected chi connectivity index (χ0v) is 25.1. The van der Waals surface area contributed by atoms with E-state index < -0.39 is 23.5 Å². The lowest BCUT2D eigenvalue weighted by Gasteiger charge is -2.11. The average molecular weight is 681 g/mol. The third-order valence-corrected chi connectivity index (χ3v) is 8.30. The number of rotatable bonds is 6. The van der Waals surface area contributed by atoms with E-state index in [4.69, 9.17) is 24.4 Å². The molecule has 3 aromatic carbocycles. The molecule has 16 heteroatoms. The lowest BCUT2D eigenvalue weighted by molar-refractivity contribution is -0.138. The number of fused-ring (bicyclic) bond motifs is 2. The first-order chi connectivity index (χ1) is 20.9. The molecular weight excluding hydrogens is 663 g/mol. The Morgan fingerprint density at radius 2 is 1.05 bits per heavy atom. The third-order valence-electron chi connectivity index (χ3n) is 6.02. The van der Waals surface area contributed by atoms with Crippen molar-refractivity contribution in [1.82, 2.24) is 10.9 Å². The fraction of sp³-hybridized carbons (Fsp3) is 0.0714. The van der Waals surface area contributed by atoms with E-state index in [9.17, 15) is 26.3 Å². The number of thiocarbonyl (C=S) groups is 2. The van der Waals surface area contributed by atoms with Gasteiger partial charge in [-0.15, -0.1) is 22.7 Å². The van der Waals surface area contributed by atoms with E-state index in [0.29, 0.717) is 0 Å². The van der Waals surface area contributed by atoms with Crippen LogP contribution in [0.4, 0.5) is 37.7 Å². The Hall–Kier alpha value is -4.12. The highest BCUT2D eigenvalue weighted by Gasteiger charge is 2.31. The number of thiophene rings is 2. The van der Waals surface area contributed by atoms with Crippen molar-refractivity contribution >= 4 is 101 Å². The highest BCUT2D eigenvalue weighted by molar-refractivity contribution is 7.80. The van der Waals surface area contributed by atoms with Crippen LogP contribution in [0.3, 0.4) is 0 Å². The van der Waals surface area contributed by atoms with E-state index in [2.05, 4.69) is 31.7 Å². The van der Waals surface area contributed by atoms with Crippen LogP contribution in [0.15, 0.2) is 81.6 Å². The van der Waals surface area contributed by atoms with Gasteiger partial charge in [0.2, 0.25) is 0 Å². The summed E-state index contributed by atoms with van der Waals surface area (Å²) in [5, 5.41) is 19.4. The second kappa shape index (κ2) is 12.9. The van der Waals surface area contributed by atoms with Crippen LogP contribution in [0.1, 0.15) is 22.3 Å². The molecule has 2 heterocycles. The van der Waals surface area contributed by atoms with Crippen molar-refractivity contribution in [2.45, 2.75) is 12.4 Å². The zero-order chi connectivity index (χ0) is 31.5. The van der Waals surface area contributed by atoms with Crippen LogP contribution >= 0.6 is 47.1 Å². The molecule has 0 saturated heterocycles. The van der Waals surface area contributed by atoms with Crippen LogP contribution in [-0.4, -0.2) is 22.7 Å². The van der Waals surface area contributed by atoms with Gasteiger partial charge >= 0.3 is 12.4 Å². The molecule has 0 aliphatic carbocycles. The van der Waals surface area contributed by atoms with Crippen molar-refractivity contribution < 1.29 is 26.3 Å². The molecule has 6 nitrogen and oxygen atoms in total. The molecular formula is C28H18F6N6S4. The lowest BCUT2D eigenvalue weighted by Crippen LogP contribution is -2.24. The quantitative estimate of drug-likeness (QED) is 0.0622. The molecule has 0 spiro atoms. The fourth-order valence-corrected chi connectivity index (χ4v) is 6.35. The van der Waals surface area contributed by atoms with Crippen LogP contribution in [0.2, 0.25) is 0 Å². The Bertz CT molecular complexity index is 1720. The van der Waals surface area contributed by atoms with Crippen molar-refractivity contribution in [3.05, 3.63) is 93.7 Å². The predicted molar refractivity (Wildman–Crippen MR) is 174 cm³/mol. The highest BCUT2D eigenvalue weighted by atomic mass is 32.1. The van der Waals surface area contributed by atoms with Crippen molar-refractivity contribution in [2.24, 2.45) is 10.2 Å². The van der Waals surface area contributed by atoms with Crippen LogP contribution in [-0.2, 0) is 12.4 Å². The molecule has 4 N–H and O–H groups in total. The van der Waals surface area contributed by atoms with E-state index in [1.165, 1.54) is 46.9 Å². The molecule has 44 heavy (non-hydrogen) atoms. The largest absolute Gasteiger partial charge is 0.416 e. The summed E-state index contributed by atoms with van der Waals surface area (Å²) in [4.78, 5) is 0. The SMILES string of the molecule is FC(F)(F)c1cccc(NC(=S)N/N=C\c2c3ccsc3c(/C=N\NC(=S)Nc3cccc(C(F)(F)F)c3)c3ccsc23)c1. The van der Waals surface area contributed by atoms with Crippen molar-refractivity contribution in [3.63, 3.8) is 0 Å². The molecule has 0 aliphatic heterocycles. The number of benzene rings is 3. The maximum Gasteiger partial charge on any atom is 0.416 e. The first kappa shape index (κ1) is 31.3. The molecule has 0 unspecified atom stereocenters. The number of hydrazone groups is 2. The zero-order valence-electron chi connectivity index (χ0n) is 21.9. The smallest absolute Gasteiger partial charge is 0.331 e. The molecule has 5 rings (SSSR count). The number of nitrogens with zero attached hydrogens (tertiary/aromatic N) is 2. The molecule has 0 fully saturated rings. The summed E-state index contributed by atoms with van der Waals surface area (Å²) >= 11 is 13.3. The summed E-state index contributed by atoms with van der Waals surface area (Å²) in [6.07, 6.45) is -5.79. The number of alkyl halides is 6. The molecule has 0 saturated carbocycles. The summed E-state index contributed by atoms with van der Waals surface area (Å²) in [5.41, 5.74) is 5.60. The fourth-order valence-electron chi connectivity index (χ4n) is 4.14. The van der Waals surface area contributed by atoms with Crippen molar-refractivity contribution in [3.8, 4) is 0 Å². The Kier molecular flexibility index (Phi) is 9.15. The van der Waals surface area contributed by atoms with Crippen LogP contribution < -0.4 is 21.5 Å². The molecule has 0 radical (unpaired) electrons. The van der Waals surface area contributed by atoms with Gasteiger partial charge in [-0.05, 0) is 83.7 Å². The number of nitrogens with one attached hydrogen (secondary N) is 4. The molecule has 0 aliphatic rings. The summed E-state index contributed by atoms with van der Waals surface area (Å²) in [6.45, 7) is 0. The molecule has 0 bridgehead atoms. The molecule has 0 amide bonds. The normalized spacial score (nSPS) is 12.3. The molecule has 5 aromatic rings. The minimum Gasteiger partial charge on any atom is -0.331 e. The Morgan fingerprint density at radius 1 is 0.636 bits per heavy atom. The first-order valence-electron chi connectivity index (χ1n) is 12.3. The summed E-state index contributed by atoms with van der Waals surface area (Å²) in [7, 11) is 0. The van der Waals surface area contributed by atoms with Gasteiger partial charge in [-0.3, -0.25) is 10.9 Å². The van der Waals surface area contributed by atoms with Gasteiger partial charge in [0, 0.05) is 42.7 Å². The summed E-state index contributed by atoms with van der Waals surface area (Å²) < 4.78 is 79.8. The van der Waals surface area contributed by atoms with Gasteiger partial charge in [-0.1, -0.05) is 12.1 Å². The van der Waals surface area contributed by atoms with Crippen LogP contribution in [0, 0.1) is 0 Å². The van der Waals surface area contributed by atoms with E-state index in [0.717, 1.165) is 55.6 Å². The summed E-state index contributed by atoms with van der Waals surface area (Å²) in [6, 6.07) is 13.1.